The van der Waals surface area contributed by atoms with Crippen molar-refractivity contribution in [1.82, 2.24) is 0 Å². The van der Waals surface area contributed by atoms with Gasteiger partial charge in [0.1, 0.15) is 0 Å². The van der Waals surface area contributed by atoms with E-state index in [2.05, 4.69) is 19.1 Å². The van der Waals surface area contributed by atoms with Crippen LogP contribution in [-0.2, 0) is 12.0 Å². The second-order valence-electron chi connectivity index (χ2n) is 5.45. The Morgan fingerprint density at radius 1 is 1.11 bits per heavy atom. The lowest BCUT2D eigenvalue weighted by Crippen LogP contribution is -2.39. The Morgan fingerprint density at radius 2 is 1.79 bits per heavy atom. The van der Waals surface area contributed by atoms with Crippen LogP contribution in [0.4, 0.5) is 0 Å². The third-order valence-electron chi connectivity index (χ3n) is 4.23. The second kappa shape index (κ2) is 5.83. The summed E-state index contributed by atoms with van der Waals surface area (Å²) >= 11 is 0. The van der Waals surface area contributed by atoms with Gasteiger partial charge in [-0.1, -0.05) is 26.2 Å². The Kier molecular flexibility index (Phi) is 4.35. The van der Waals surface area contributed by atoms with E-state index < -0.39 is 0 Å². The van der Waals surface area contributed by atoms with E-state index in [1.807, 2.05) is 0 Å². The molecule has 2 rings (SSSR count). The van der Waals surface area contributed by atoms with Gasteiger partial charge in [0.15, 0.2) is 11.5 Å². The molecule has 0 bridgehead atoms. The molecule has 0 unspecified atom stereocenters. The summed E-state index contributed by atoms with van der Waals surface area (Å²) in [5.74, 6) is 1.61. The number of methoxy groups -OCH3 is 2. The van der Waals surface area contributed by atoms with Crippen LogP contribution < -0.4 is 15.2 Å². The SMILES string of the molecule is CCc1cc(OC)c(OC)c(C2(N)CCCCC2)c1. The summed E-state index contributed by atoms with van der Waals surface area (Å²) in [5.41, 5.74) is 8.78. The summed E-state index contributed by atoms with van der Waals surface area (Å²) < 4.78 is 11.1. The van der Waals surface area contributed by atoms with Gasteiger partial charge < -0.3 is 15.2 Å². The van der Waals surface area contributed by atoms with Crippen LogP contribution in [0.5, 0.6) is 11.5 Å². The third-order valence-corrected chi connectivity index (χ3v) is 4.23. The Labute approximate surface area is 116 Å². The van der Waals surface area contributed by atoms with Crippen molar-refractivity contribution in [3.05, 3.63) is 23.3 Å². The molecule has 1 aromatic rings. The first-order chi connectivity index (χ1) is 9.14. The third kappa shape index (κ3) is 2.71. The molecule has 3 heteroatoms. The minimum atomic E-state index is -0.262. The molecule has 1 aliphatic carbocycles. The molecular formula is C16H25NO2. The highest BCUT2D eigenvalue weighted by molar-refractivity contribution is 5.52. The van der Waals surface area contributed by atoms with Gasteiger partial charge >= 0.3 is 0 Å². The molecule has 0 saturated heterocycles. The van der Waals surface area contributed by atoms with Crippen molar-refractivity contribution in [2.75, 3.05) is 14.2 Å². The molecular weight excluding hydrogens is 238 g/mol. The Balaban J connectivity index is 2.52. The van der Waals surface area contributed by atoms with E-state index in [0.717, 1.165) is 36.3 Å². The molecule has 0 atom stereocenters. The highest BCUT2D eigenvalue weighted by Crippen LogP contribution is 2.43. The van der Waals surface area contributed by atoms with Crippen molar-refractivity contribution in [1.29, 1.82) is 0 Å². The molecule has 1 fully saturated rings. The lowest BCUT2D eigenvalue weighted by Gasteiger charge is -2.35. The smallest absolute Gasteiger partial charge is 0.165 e. The molecule has 0 aromatic heterocycles. The van der Waals surface area contributed by atoms with Crippen LogP contribution in [0.3, 0.4) is 0 Å². The lowest BCUT2D eigenvalue weighted by molar-refractivity contribution is 0.282. The van der Waals surface area contributed by atoms with Gasteiger partial charge in [-0.25, -0.2) is 0 Å². The Bertz CT molecular complexity index is 437. The minimum absolute atomic E-state index is 0.262. The van der Waals surface area contributed by atoms with Gasteiger partial charge in [0.25, 0.3) is 0 Å². The first kappa shape index (κ1) is 14.2. The van der Waals surface area contributed by atoms with Gasteiger partial charge in [0.2, 0.25) is 0 Å². The van der Waals surface area contributed by atoms with Crippen molar-refractivity contribution in [2.45, 2.75) is 51.0 Å². The Morgan fingerprint density at radius 3 is 2.32 bits per heavy atom. The lowest BCUT2D eigenvalue weighted by atomic mass is 9.76. The number of ether oxygens (including phenoxy) is 2. The van der Waals surface area contributed by atoms with Crippen molar-refractivity contribution in [3.63, 3.8) is 0 Å². The fourth-order valence-corrected chi connectivity index (χ4v) is 3.05. The van der Waals surface area contributed by atoms with Crippen LogP contribution in [0.2, 0.25) is 0 Å². The van der Waals surface area contributed by atoms with Crippen molar-refractivity contribution < 1.29 is 9.47 Å². The fraction of sp³-hybridized carbons (Fsp3) is 0.625. The number of rotatable bonds is 4. The van der Waals surface area contributed by atoms with Gasteiger partial charge in [0.05, 0.1) is 14.2 Å². The van der Waals surface area contributed by atoms with Crippen molar-refractivity contribution >= 4 is 0 Å². The molecule has 19 heavy (non-hydrogen) atoms. The molecule has 1 aromatic carbocycles. The average Bonchev–Trinajstić information content (AvgIpc) is 2.46. The zero-order valence-corrected chi connectivity index (χ0v) is 12.3. The number of hydrogen-bond acceptors (Lipinski definition) is 3. The zero-order valence-electron chi connectivity index (χ0n) is 12.3. The molecule has 0 radical (unpaired) electrons. The maximum atomic E-state index is 6.67. The van der Waals surface area contributed by atoms with Crippen molar-refractivity contribution in [2.24, 2.45) is 5.73 Å². The number of aryl methyl sites for hydroxylation is 1. The fourth-order valence-electron chi connectivity index (χ4n) is 3.05. The summed E-state index contributed by atoms with van der Waals surface area (Å²) in [7, 11) is 3.38. The molecule has 0 spiro atoms. The van der Waals surface area contributed by atoms with E-state index in [4.69, 9.17) is 15.2 Å². The van der Waals surface area contributed by atoms with Crippen LogP contribution in [0, 0.1) is 0 Å². The summed E-state index contributed by atoms with van der Waals surface area (Å²) in [5, 5.41) is 0. The number of nitrogens with two attached hydrogens (primary N) is 1. The molecule has 0 aliphatic heterocycles. The van der Waals surface area contributed by atoms with Gasteiger partial charge in [0, 0.05) is 11.1 Å². The molecule has 3 nitrogen and oxygen atoms in total. The predicted molar refractivity (Wildman–Crippen MR) is 77.9 cm³/mol. The van der Waals surface area contributed by atoms with Gasteiger partial charge in [-0.2, -0.15) is 0 Å². The Hall–Kier alpha value is -1.22. The first-order valence-corrected chi connectivity index (χ1v) is 7.19. The zero-order chi connectivity index (χ0) is 13.9. The normalized spacial score (nSPS) is 18.1. The molecule has 0 heterocycles. The monoisotopic (exact) mass is 263 g/mol. The topological polar surface area (TPSA) is 44.5 Å². The van der Waals surface area contributed by atoms with E-state index in [9.17, 15) is 0 Å². The summed E-state index contributed by atoms with van der Waals surface area (Å²) in [4.78, 5) is 0. The maximum absolute atomic E-state index is 6.67. The summed E-state index contributed by atoms with van der Waals surface area (Å²) in [6.07, 6.45) is 6.70. The summed E-state index contributed by atoms with van der Waals surface area (Å²) in [6.45, 7) is 2.15. The molecule has 0 amide bonds. The number of hydrogen-bond donors (Lipinski definition) is 1. The van der Waals surface area contributed by atoms with Crippen LogP contribution >= 0.6 is 0 Å². The quantitative estimate of drug-likeness (QED) is 0.905. The van der Waals surface area contributed by atoms with E-state index in [1.54, 1.807) is 14.2 Å². The minimum Gasteiger partial charge on any atom is -0.493 e. The first-order valence-electron chi connectivity index (χ1n) is 7.19. The van der Waals surface area contributed by atoms with E-state index in [1.165, 1.54) is 24.8 Å². The van der Waals surface area contributed by atoms with Crippen LogP contribution in [0.1, 0.15) is 50.2 Å². The van der Waals surface area contributed by atoms with Crippen molar-refractivity contribution in [3.8, 4) is 11.5 Å². The van der Waals surface area contributed by atoms with Gasteiger partial charge in [-0.15, -0.1) is 0 Å². The average molecular weight is 263 g/mol. The van der Waals surface area contributed by atoms with E-state index in [0.29, 0.717) is 0 Å². The largest absolute Gasteiger partial charge is 0.493 e. The van der Waals surface area contributed by atoms with Gasteiger partial charge in [-0.05, 0) is 37.0 Å². The molecule has 1 aliphatic rings. The molecule has 1 saturated carbocycles. The summed E-state index contributed by atoms with van der Waals surface area (Å²) in [6, 6.07) is 4.25. The van der Waals surface area contributed by atoms with Crippen LogP contribution in [0.25, 0.3) is 0 Å². The highest BCUT2D eigenvalue weighted by atomic mass is 16.5. The van der Waals surface area contributed by atoms with Gasteiger partial charge in [-0.3, -0.25) is 0 Å². The molecule has 106 valence electrons. The number of benzene rings is 1. The maximum Gasteiger partial charge on any atom is 0.165 e. The van der Waals surface area contributed by atoms with Crippen LogP contribution in [0.15, 0.2) is 12.1 Å². The standard InChI is InChI=1S/C16H25NO2/c1-4-12-10-13(15(19-3)14(11-12)18-2)16(17)8-6-5-7-9-16/h10-11H,4-9,17H2,1-3H3. The van der Waals surface area contributed by atoms with E-state index >= 15 is 0 Å². The van der Waals surface area contributed by atoms with E-state index in [-0.39, 0.29) is 5.54 Å². The second-order valence-corrected chi connectivity index (χ2v) is 5.45. The van der Waals surface area contributed by atoms with Crippen LogP contribution in [-0.4, -0.2) is 14.2 Å². The predicted octanol–water partition coefficient (Wildman–Crippen LogP) is 3.38. The molecule has 2 N–H and O–H groups in total. The highest BCUT2D eigenvalue weighted by Gasteiger charge is 2.33.